The summed E-state index contributed by atoms with van der Waals surface area (Å²) in [5.74, 6) is -1.27. The molecule has 0 saturated carbocycles. The zero-order valence-corrected chi connectivity index (χ0v) is 7.90. The van der Waals surface area contributed by atoms with E-state index in [1.165, 1.54) is 0 Å². The van der Waals surface area contributed by atoms with Crippen LogP contribution in [0.1, 0.15) is 31.9 Å². The summed E-state index contributed by atoms with van der Waals surface area (Å²) in [6.07, 6.45) is 2.39. The van der Waals surface area contributed by atoms with Gasteiger partial charge in [0.2, 0.25) is 0 Å². The van der Waals surface area contributed by atoms with Gasteiger partial charge < -0.3 is 5.11 Å². The zero-order chi connectivity index (χ0) is 9.84. The van der Waals surface area contributed by atoms with E-state index in [4.69, 9.17) is 5.11 Å². The van der Waals surface area contributed by atoms with E-state index in [-0.39, 0.29) is 0 Å². The summed E-state index contributed by atoms with van der Waals surface area (Å²) in [4.78, 5) is 10.8. The van der Waals surface area contributed by atoms with Crippen molar-refractivity contribution in [3.63, 3.8) is 0 Å². The topological polar surface area (TPSA) is 55.1 Å². The molecule has 13 heavy (non-hydrogen) atoms. The molecule has 0 bridgehead atoms. The first-order valence-electron chi connectivity index (χ1n) is 4.45. The van der Waals surface area contributed by atoms with E-state index >= 15 is 0 Å². The second-order valence-corrected chi connectivity index (χ2v) is 2.90. The maximum absolute atomic E-state index is 10.8. The highest BCUT2D eigenvalue weighted by Gasteiger charge is 2.19. The lowest BCUT2D eigenvalue weighted by Gasteiger charge is -2.04. The Balaban J connectivity index is 2.85. The van der Waals surface area contributed by atoms with Gasteiger partial charge in [-0.15, -0.1) is 0 Å². The molecule has 1 heterocycles. The smallest absolute Gasteiger partial charge is 0.312 e. The van der Waals surface area contributed by atoms with Gasteiger partial charge in [-0.25, -0.2) is 0 Å². The molecule has 0 amide bonds. The van der Waals surface area contributed by atoms with Crippen LogP contribution >= 0.6 is 0 Å². The van der Waals surface area contributed by atoms with Crippen molar-refractivity contribution in [2.24, 2.45) is 0 Å². The molecule has 4 nitrogen and oxygen atoms in total. The molecule has 0 aromatic carbocycles. The number of nitrogens with zero attached hydrogens (tertiary/aromatic N) is 2. The van der Waals surface area contributed by atoms with Crippen LogP contribution in [0.2, 0.25) is 0 Å². The fraction of sp³-hybridized carbons (Fsp3) is 0.556. The van der Waals surface area contributed by atoms with Crippen molar-refractivity contribution in [3.8, 4) is 0 Å². The minimum atomic E-state index is -0.802. The maximum Gasteiger partial charge on any atom is 0.312 e. The quantitative estimate of drug-likeness (QED) is 0.767. The van der Waals surface area contributed by atoms with Crippen molar-refractivity contribution in [2.45, 2.75) is 32.7 Å². The Labute approximate surface area is 77.2 Å². The molecule has 72 valence electrons. The van der Waals surface area contributed by atoms with Crippen LogP contribution in [-0.4, -0.2) is 20.9 Å². The molecule has 0 radical (unpaired) electrons. The molecule has 0 aliphatic heterocycles. The summed E-state index contributed by atoms with van der Waals surface area (Å²) >= 11 is 0. The Kier molecular flexibility index (Phi) is 3.06. The lowest BCUT2D eigenvalue weighted by Crippen LogP contribution is -2.11. The molecular weight excluding hydrogens is 168 g/mol. The monoisotopic (exact) mass is 182 g/mol. The van der Waals surface area contributed by atoms with Crippen LogP contribution in [0.4, 0.5) is 0 Å². The number of carboxylic acid groups (broad SMARTS) is 1. The van der Waals surface area contributed by atoms with Crippen LogP contribution in [-0.2, 0) is 11.3 Å². The minimum Gasteiger partial charge on any atom is -0.481 e. The summed E-state index contributed by atoms with van der Waals surface area (Å²) in [6.45, 7) is 4.60. The number of rotatable bonds is 4. The van der Waals surface area contributed by atoms with Gasteiger partial charge in [0.25, 0.3) is 0 Å². The highest BCUT2D eigenvalue weighted by molar-refractivity contribution is 5.75. The average Bonchev–Trinajstić information content (AvgIpc) is 2.53. The maximum atomic E-state index is 10.8. The fourth-order valence-electron chi connectivity index (χ4n) is 1.25. The van der Waals surface area contributed by atoms with Crippen molar-refractivity contribution < 1.29 is 9.90 Å². The van der Waals surface area contributed by atoms with Crippen LogP contribution < -0.4 is 0 Å². The second kappa shape index (κ2) is 4.07. The van der Waals surface area contributed by atoms with Gasteiger partial charge in [-0.05, 0) is 19.4 Å². The number of hydrogen-bond acceptors (Lipinski definition) is 2. The van der Waals surface area contributed by atoms with Gasteiger partial charge in [0.05, 0.1) is 5.69 Å². The first kappa shape index (κ1) is 9.77. The Morgan fingerprint density at radius 1 is 1.69 bits per heavy atom. The molecule has 1 aromatic rings. The molecule has 4 heteroatoms. The van der Waals surface area contributed by atoms with Gasteiger partial charge in [-0.3, -0.25) is 9.48 Å². The van der Waals surface area contributed by atoms with Crippen LogP contribution in [0.3, 0.4) is 0 Å². The van der Waals surface area contributed by atoms with E-state index in [0.29, 0.717) is 12.1 Å². The lowest BCUT2D eigenvalue weighted by molar-refractivity contribution is -0.138. The molecule has 1 rings (SSSR count). The number of carboxylic acids is 1. The third-order valence-electron chi connectivity index (χ3n) is 2.05. The van der Waals surface area contributed by atoms with Crippen molar-refractivity contribution in [1.82, 2.24) is 9.78 Å². The van der Waals surface area contributed by atoms with Gasteiger partial charge in [0.1, 0.15) is 5.92 Å². The van der Waals surface area contributed by atoms with E-state index in [1.54, 1.807) is 16.9 Å². The number of aliphatic carboxylic acids is 1. The molecule has 0 fully saturated rings. The third-order valence-corrected chi connectivity index (χ3v) is 2.05. The third kappa shape index (κ3) is 2.08. The summed E-state index contributed by atoms with van der Waals surface area (Å²) in [6, 6.07) is 1.77. The summed E-state index contributed by atoms with van der Waals surface area (Å²) in [7, 11) is 0. The fourth-order valence-corrected chi connectivity index (χ4v) is 1.25. The van der Waals surface area contributed by atoms with E-state index in [1.807, 2.05) is 13.8 Å². The lowest BCUT2D eigenvalue weighted by atomic mass is 10.0. The minimum absolute atomic E-state index is 0.465. The first-order chi connectivity index (χ1) is 6.19. The number of aryl methyl sites for hydroxylation is 1. The number of aromatic nitrogens is 2. The Hall–Kier alpha value is -1.32. The molecule has 1 atom stereocenters. The molecule has 1 unspecified atom stereocenters. The van der Waals surface area contributed by atoms with Crippen LogP contribution in [0.5, 0.6) is 0 Å². The zero-order valence-electron chi connectivity index (χ0n) is 7.90. The average molecular weight is 182 g/mol. The number of hydrogen-bond donors (Lipinski definition) is 1. The molecular formula is C9H14N2O2. The van der Waals surface area contributed by atoms with Crippen molar-refractivity contribution in [1.29, 1.82) is 0 Å². The second-order valence-electron chi connectivity index (χ2n) is 2.90. The first-order valence-corrected chi connectivity index (χ1v) is 4.45. The molecule has 0 saturated heterocycles. The summed E-state index contributed by atoms with van der Waals surface area (Å²) in [5, 5.41) is 13.0. The van der Waals surface area contributed by atoms with Crippen LogP contribution in [0, 0.1) is 0 Å². The van der Waals surface area contributed by atoms with E-state index in [0.717, 1.165) is 6.54 Å². The largest absolute Gasteiger partial charge is 0.481 e. The van der Waals surface area contributed by atoms with Gasteiger partial charge in [0, 0.05) is 12.7 Å². The van der Waals surface area contributed by atoms with Gasteiger partial charge >= 0.3 is 5.97 Å². The molecule has 1 N–H and O–H groups in total. The summed E-state index contributed by atoms with van der Waals surface area (Å²) in [5.41, 5.74) is 0.650. The van der Waals surface area contributed by atoms with E-state index in [2.05, 4.69) is 5.10 Å². The normalized spacial score (nSPS) is 12.8. The predicted octanol–water partition coefficient (Wildman–Crippen LogP) is 1.48. The highest BCUT2D eigenvalue weighted by Crippen LogP contribution is 2.17. The van der Waals surface area contributed by atoms with Gasteiger partial charge in [0.15, 0.2) is 0 Å². The Bertz CT molecular complexity index is 294. The molecule has 0 spiro atoms. The van der Waals surface area contributed by atoms with Crippen molar-refractivity contribution in [3.05, 3.63) is 18.0 Å². The van der Waals surface area contributed by atoms with Crippen molar-refractivity contribution in [2.75, 3.05) is 0 Å². The van der Waals surface area contributed by atoms with Crippen LogP contribution in [0.15, 0.2) is 12.3 Å². The Morgan fingerprint density at radius 2 is 2.38 bits per heavy atom. The predicted molar refractivity (Wildman–Crippen MR) is 48.6 cm³/mol. The van der Waals surface area contributed by atoms with Gasteiger partial charge in [-0.2, -0.15) is 5.10 Å². The van der Waals surface area contributed by atoms with E-state index < -0.39 is 11.9 Å². The van der Waals surface area contributed by atoms with Crippen molar-refractivity contribution >= 4 is 5.97 Å². The van der Waals surface area contributed by atoms with Gasteiger partial charge in [-0.1, -0.05) is 6.92 Å². The highest BCUT2D eigenvalue weighted by atomic mass is 16.4. The van der Waals surface area contributed by atoms with E-state index in [9.17, 15) is 4.79 Å². The summed E-state index contributed by atoms with van der Waals surface area (Å²) < 4.78 is 1.74. The Morgan fingerprint density at radius 3 is 2.77 bits per heavy atom. The van der Waals surface area contributed by atoms with Crippen LogP contribution in [0.25, 0.3) is 0 Å². The molecule has 0 aliphatic rings. The molecule has 0 aliphatic carbocycles. The standard InChI is InChI=1S/C9H14N2O2/c1-3-7(9(12)13)8-5-6-11(4-2)10-8/h5-7H,3-4H2,1-2H3,(H,12,13). The number of carbonyl (C=O) groups is 1. The molecule has 1 aromatic heterocycles. The SMILES string of the molecule is CCC(C(=O)O)c1ccn(CC)n1.